The van der Waals surface area contributed by atoms with Crippen LogP contribution in [0, 0.1) is 6.92 Å². The molecule has 1 aromatic carbocycles. The Morgan fingerprint density at radius 2 is 2.14 bits per heavy atom. The van der Waals surface area contributed by atoms with Crippen molar-refractivity contribution < 1.29 is 14.3 Å². The Balaban J connectivity index is 2.24. The van der Waals surface area contributed by atoms with Gasteiger partial charge in [-0.2, -0.15) is 0 Å². The second-order valence-corrected chi connectivity index (χ2v) is 5.58. The molecule has 0 unspecified atom stereocenters. The van der Waals surface area contributed by atoms with Gasteiger partial charge in [0.2, 0.25) is 11.8 Å². The van der Waals surface area contributed by atoms with E-state index in [9.17, 15) is 9.90 Å². The van der Waals surface area contributed by atoms with Gasteiger partial charge in [-0.3, -0.25) is 0 Å². The summed E-state index contributed by atoms with van der Waals surface area (Å²) in [7, 11) is 0. The minimum absolute atomic E-state index is 0.221. The third-order valence-corrected chi connectivity index (χ3v) is 3.65. The zero-order valence-corrected chi connectivity index (χ0v) is 12.7. The molecule has 3 rings (SSSR count). The number of fused-ring (bicyclic) bond motifs is 1. The molecule has 0 amide bonds. The van der Waals surface area contributed by atoms with Gasteiger partial charge in [-0.25, -0.2) is 4.79 Å². The Labute approximate surface area is 127 Å². The van der Waals surface area contributed by atoms with Crippen LogP contribution < -0.4 is 0 Å². The van der Waals surface area contributed by atoms with Gasteiger partial charge in [-0.15, -0.1) is 10.2 Å². The minimum Gasteiger partial charge on any atom is -0.477 e. The van der Waals surface area contributed by atoms with Crippen LogP contribution in [-0.4, -0.2) is 25.8 Å². The first-order valence-electron chi connectivity index (χ1n) is 7.11. The van der Waals surface area contributed by atoms with Crippen LogP contribution in [0.25, 0.3) is 10.9 Å². The van der Waals surface area contributed by atoms with Crippen molar-refractivity contribution in [2.75, 3.05) is 0 Å². The first-order valence-corrected chi connectivity index (χ1v) is 7.11. The van der Waals surface area contributed by atoms with Crippen molar-refractivity contribution in [2.45, 2.75) is 33.2 Å². The Kier molecular flexibility index (Phi) is 3.44. The van der Waals surface area contributed by atoms with Gasteiger partial charge in [-0.1, -0.05) is 32.0 Å². The van der Waals surface area contributed by atoms with Crippen molar-refractivity contribution in [3.63, 3.8) is 0 Å². The van der Waals surface area contributed by atoms with Crippen LogP contribution in [0.3, 0.4) is 0 Å². The number of hydrogen-bond acceptors (Lipinski definition) is 4. The van der Waals surface area contributed by atoms with Crippen LogP contribution in [0.4, 0.5) is 0 Å². The molecule has 0 aliphatic carbocycles. The molecule has 0 saturated heterocycles. The topological polar surface area (TPSA) is 81.2 Å². The molecule has 0 aliphatic heterocycles. The highest BCUT2D eigenvalue weighted by molar-refractivity contribution is 5.96. The van der Waals surface area contributed by atoms with E-state index in [1.54, 1.807) is 17.6 Å². The third-order valence-electron chi connectivity index (χ3n) is 3.65. The van der Waals surface area contributed by atoms with E-state index < -0.39 is 5.97 Å². The molecule has 0 fully saturated rings. The summed E-state index contributed by atoms with van der Waals surface area (Å²) in [5.74, 6) is 0.175. The smallest absolute Gasteiger partial charge is 0.352 e. The SMILES string of the molecule is Cc1nnc(Cn2c(C(=O)O)cc3cccc(C(C)C)c32)o1. The monoisotopic (exact) mass is 299 g/mol. The third kappa shape index (κ3) is 2.36. The summed E-state index contributed by atoms with van der Waals surface area (Å²) in [5.41, 5.74) is 2.23. The highest BCUT2D eigenvalue weighted by Gasteiger charge is 2.19. The number of nitrogens with zero attached hydrogens (tertiary/aromatic N) is 3. The van der Waals surface area contributed by atoms with Gasteiger partial charge in [0.05, 0.1) is 5.52 Å². The molecule has 0 bridgehead atoms. The highest BCUT2D eigenvalue weighted by Crippen LogP contribution is 2.29. The molecule has 3 aromatic rings. The quantitative estimate of drug-likeness (QED) is 0.800. The molecular formula is C16H17N3O3. The zero-order chi connectivity index (χ0) is 15.9. The Morgan fingerprint density at radius 1 is 1.36 bits per heavy atom. The van der Waals surface area contributed by atoms with E-state index in [0.717, 1.165) is 16.5 Å². The maximum atomic E-state index is 11.6. The summed E-state index contributed by atoms with van der Waals surface area (Å²) >= 11 is 0. The van der Waals surface area contributed by atoms with Gasteiger partial charge in [0.25, 0.3) is 0 Å². The molecule has 2 heterocycles. The van der Waals surface area contributed by atoms with E-state index in [0.29, 0.717) is 11.8 Å². The summed E-state index contributed by atoms with van der Waals surface area (Å²) in [6.45, 7) is 6.13. The molecule has 0 saturated carbocycles. The molecule has 1 N–H and O–H groups in total. The van der Waals surface area contributed by atoms with Gasteiger partial charge in [0.1, 0.15) is 12.2 Å². The fraction of sp³-hybridized carbons (Fsp3) is 0.312. The van der Waals surface area contributed by atoms with Gasteiger partial charge < -0.3 is 14.1 Å². The van der Waals surface area contributed by atoms with Crippen molar-refractivity contribution in [3.05, 3.63) is 47.3 Å². The second kappa shape index (κ2) is 5.29. The molecule has 6 heteroatoms. The van der Waals surface area contributed by atoms with Crippen LogP contribution in [0.5, 0.6) is 0 Å². The molecule has 0 atom stereocenters. The molecule has 0 radical (unpaired) electrons. The van der Waals surface area contributed by atoms with E-state index in [1.165, 1.54) is 0 Å². The van der Waals surface area contributed by atoms with Gasteiger partial charge in [0, 0.05) is 12.3 Å². The standard InChI is InChI=1S/C16H17N3O3/c1-9(2)12-6-4-5-11-7-13(16(20)21)19(15(11)12)8-14-18-17-10(3)22-14/h4-7,9H,8H2,1-3H3,(H,20,21). The lowest BCUT2D eigenvalue weighted by Gasteiger charge is -2.12. The van der Waals surface area contributed by atoms with Crippen LogP contribution in [0.1, 0.15) is 47.6 Å². The van der Waals surface area contributed by atoms with Crippen LogP contribution in [0.2, 0.25) is 0 Å². The Morgan fingerprint density at radius 3 is 2.73 bits per heavy atom. The minimum atomic E-state index is -0.970. The van der Waals surface area contributed by atoms with Crippen LogP contribution in [0.15, 0.2) is 28.7 Å². The van der Waals surface area contributed by atoms with Crippen molar-refractivity contribution in [3.8, 4) is 0 Å². The lowest BCUT2D eigenvalue weighted by Crippen LogP contribution is -2.10. The van der Waals surface area contributed by atoms with Gasteiger partial charge >= 0.3 is 5.97 Å². The van der Waals surface area contributed by atoms with Crippen molar-refractivity contribution >= 4 is 16.9 Å². The summed E-state index contributed by atoms with van der Waals surface area (Å²) in [4.78, 5) is 11.6. The van der Waals surface area contributed by atoms with Crippen LogP contribution in [-0.2, 0) is 6.54 Å². The summed E-state index contributed by atoms with van der Waals surface area (Å²) < 4.78 is 7.14. The Bertz CT molecular complexity index is 846. The summed E-state index contributed by atoms with van der Waals surface area (Å²) in [6, 6.07) is 7.58. The van der Waals surface area contributed by atoms with Crippen LogP contribution >= 0.6 is 0 Å². The molecule has 114 valence electrons. The highest BCUT2D eigenvalue weighted by atomic mass is 16.4. The fourth-order valence-electron chi connectivity index (χ4n) is 2.70. The summed E-state index contributed by atoms with van der Waals surface area (Å²) in [6.07, 6.45) is 0. The first kappa shape index (κ1) is 14.3. The zero-order valence-electron chi connectivity index (χ0n) is 12.7. The predicted molar refractivity (Wildman–Crippen MR) is 81.1 cm³/mol. The van der Waals surface area contributed by atoms with E-state index in [-0.39, 0.29) is 18.2 Å². The number of carboxylic acids is 1. The number of carboxylic acid groups (broad SMARTS) is 1. The number of rotatable bonds is 4. The van der Waals surface area contributed by atoms with E-state index >= 15 is 0 Å². The number of aromatic carboxylic acids is 1. The average Bonchev–Trinajstić information content (AvgIpc) is 3.03. The number of para-hydroxylation sites is 1. The number of aromatic nitrogens is 3. The normalized spacial score (nSPS) is 11.5. The van der Waals surface area contributed by atoms with Crippen molar-refractivity contribution in [2.24, 2.45) is 0 Å². The van der Waals surface area contributed by atoms with E-state index in [4.69, 9.17) is 4.42 Å². The predicted octanol–water partition coefficient (Wildman–Crippen LogP) is 3.20. The maximum absolute atomic E-state index is 11.6. The number of benzene rings is 1. The molecule has 22 heavy (non-hydrogen) atoms. The maximum Gasteiger partial charge on any atom is 0.352 e. The average molecular weight is 299 g/mol. The largest absolute Gasteiger partial charge is 0.477 e. The molecule has 6 nitrogen and oxygen atoms in total. The molecule has 0 aliphatic rings. The van der Waals surface area contributed by atoms with Gasteiger partial charge in [0.15, 0.2) is 0 Å². The van der Waals surface area contributed by atoms with Gasteiger partial charge in [-0.05, 0) is 17.5 Å². The first-order chi connectivity index (χ1) is 10.5. The second-order valence-electron chi connectivity index (χ2n) is 5.58. The number of carbonyl (C=O) groups is 1. The number of aryl methyl sites for hydroxylation is 1. The van der Waals surface area contributed by atoms with E-state index in [2.05, 4.69) is 24.0 Å². The fourth-order valence-corrected chi connectivity index (χ4v) is 2.70. The summed E-state index contributed by atoms with van der Waals surface area (Å²) in [5, 5.41) is 18.2. The molecule has 2 aromatic heterocycles. The number of hydrogen-bond donors (Lipinski definition) is 1. The van der Waals surface area contributed by atoms with Crippen molar-refractivity contribution in [1.82, 2.24) is 14.8 Å². The van der Waals surface area contributed by atoms with E-state index in [1.807, 2.05) is 18.2 Å². The lowest BCUT2D eigenvalue weighted by atomic mass is 10.0. The molecule has 0 spiro atoms. The lowest BCUT2D eigenvalue weighted by molar-refractivity contribution is 0.0686. The molecular weight excluding hydrogens is 282 g/mol. The van der Waals surface area contributed by atoms with Crippen molar-refractivity contribution in [1.29, 1.82) is 0 Å². The Hall–Kier alpha value is -2.63.